The smallest absolute Gasteiger partial charge is 0.272 e. The van der Waals surface area contributed by atoms with E-state index in [4.69, 9.17) is 0 Å². The number of para-hydroxylation sites is 1. The Balaban J connectivity index is 1.43. The molecule has 0 aliphatic rings. The molecule has 4 N–H and O–H groups in total. The zero-order chi connectivity index (χ0) is 22.8. The normalized spacial score (nSPS) is 10.8. The van der Waals surface area contributed by atoms with Crippen LogP contribution < -0.4 is 10.6 Å². The van der Waals surface area contributed by atoms with E-state index in [1.54, 1.807) is 48.5 Å². The van der Waals surface area contributed by atoms with Crippen molar-refractivity contribution in [2.75, 3.05) is 10.6 Å². The molecule has 0 unspecified atom stereocenters. The van der Waals surface area contributed by atoms with Gasteiger partial charge in [-0.15, -0.1) is 5.10 Å². The largest absolute Gasteiger partial charge is 0.349 e. The topological polar surface area (TPSA) is 128 Å². The summed E-state index contributed by atoms with van der Waals surface area (Å²) in [6.07, 6.45) is 0. The Kier molecular flexibility index (Phi) is 5.41. The number of aromatic amines is 2. The van der Waals surface area contributed by atoms with Gasteiger partial charge in [0.15, 0.2) is 5.82 Å². The van der Waals surface area contributed by atoms with Gasteiger partial charge in [-0.1, -0.05) is 46.3 Å². The maximum atomic E-state index is 13.0. The summed E-state index contributed by atoms with van der Waals surface area (Å²) < 4.78 is 0.816. The summed E-state index contributed by atoms with van der Waals surface area (Å²) in [4.78, 5) is 28.8. The molecule has 5 aromatic rings. The summed E-state index contributed by atoms with van der Waals surface area (Å²) in [6.45, 7) is 0. The number of halogens is 1. The number of nitrogens with one attached hydrogen (secondary N) is 4. The highest BCUT2D eigenvalue weighted by molar-refractivity contribution is 9.10. The van der Waals surface area contributed by atoms with Gasteiger partial charge >= 0.3 is 0 Å². The van der Waals surface area contributed by atoms with E-state index in [-0.39, 0.29) is 11.8 Å². The minimum atomic E-state index is -0.345. The Morgan fingerprint density at radius 2 is 1.67 bits per heavy atom. The monoisotopic (exact) mass is 501 g/mol. The Morgan fingerprint density at radius 1 is 0.848 bits per heavy atom. The molecule has 9 nitrogen and oxygen atoms in total. The highest BCUT2D eigenvalue weighted by Crippen LogP contribution is 2.29. The summed E-state index contributed by atoms with van der Waals surface area (Å²) in [5, 5.41) is 20.4. The lowest BCUT2D eigenvalue weighted by Crippen LogP contribution is -2.13. The van der Waals surface area contributed by atoms with E-state index in [0.717, 1.165) is 9.86 Å². The fraction of sp³-hybridized carbons (Fsp3) is 0. The number of rotatable bonds is 5. The van der Waals surface area contributed by atoms with Gasteiger partial charge in [0, 0.05) is 21.0 Å². The minimum Gasteiger partial charge on any atom is -0.349 e. The van der Waals surface area contributed by atoms with Crippen molar-refractivity contribution in [2.24, 2.45) is 0 Å². The Bertz CT molecular complexity index is 1460. The van der Waals surface area contributed by atoms with Crippen LogP contribution in [0.1, 0.15) is 20.8 Å². The number of anilines is 2. The molecule has 33 heavy (non-hydrogen) atoms. The Hall–Kier alpha value is -4.31. The third-order valence-corrected chi connectivity index (χ3v) is 5.51. The van der Waals surface area contributed by atoms with Crippen molar-refractivity contribution >= 4 is 50.0 Å². The highest BCUT2D eigenvalue weighted by Gasteiger charge is 2.17. The van der Waals surface area contributed by atoms with Crippen molar-refractivity contribution in [2.45, 2.75) is 0 Å². The molecule has 10 heteroatoms. The maximum absolute atomic E-state index is 13.0. The highest BCUT2D eigenvalue weighted by atomic mass is 79.9. The number of benzene rings is 3. The van der Waals surface area contributed by atoms with Gasteiger partial charge < -0.3 is 15.6 Å². The summed E-state index contributed by atoms with van der Waals surface area (Å²) in [5.41, 5.74) is 3.30. The lowest BCUT2D eigenvalue weighted by Gasteiger charge is -2.09. The molecule has 0 radical (unpaired) electrons. The number of nitrogens with zero attached hydrogens (tertiary/aromatic N) is 3. The van der Waals surface area contributed by atoms with Gasteiger partial charge in [-0.05, 0) is 52.9 Å². The molecule has 0 fully saturated rings. The van der Waals surface area contributed by atoms with E-state index in [1.807, 2.05) is 24.3 Å². The van der Waals surface area contributed by atoms with Crippen LogP contribution in [0.2, 0.25) is 0 Å². The van der Waals surface area contributed by atoms with Gasteiger partial charge in [-0.2, -0.15) is 0 Å². The first-order chi connectivity index (χ1) is 16.1. The molecule has 2 heterocycles. The molecule has 0 aliphatic heterocycles. The van der Waals surface area contributed by atoms with Crippen molar-refractivity contribution in [3.05, 3.63) is 88.5 Å². The van der Waals surface area contributed by atoms with Crippen LogP contribution in [0.3, 0.4) is 0 Å². The van der Waals surface area contributed by atoms with E-state index < -0.39 is 0 Å². The Labute approximate surface area is 195 Å². The summed E-state index contributed by atoms with van der Waals surface area (Å²) in [6, 6.07) is 21.5. The number of hydrogen-bond donors (Lipinski definition) is 4. The summed E-state index contributed by atoms with van der Waals surface area (Å²) in [7, 11) is 0. The van der Waals surface area contributed by atoms with Crippen molar-refractivity contribution in [3.8, 4) is 11.4 Å². The van der Waals surface area contributed by atoms with E-state index in [9.17, 15) is 9.59 Å². The van der Waals surface area contributed by atoms with E-state index >= 15 is 0 Å². The molecule has 2 amide bonds. The van der Waals surface area contributed by atoms with Crippen LogP contribution in [0.5, 0.6) is 0 Å². The average molecular weight is 502 g/mol. The Morgan fingerprint density at radius 3 is 2.45 bits per heavy atom. The number of amides is 2. The van der Waals surface area contributed by atoms with Crippen LogP contribution >= 0.6 is 15.9 Å². The molecular formula is C23H16BrN7O2. The molecule has 0 saturated carbocycles. The molecule has 5 rings (SSSR count). The number of carbonyl (C=O) groups is 2. The minimum absolute atomic E-state index is 0.233. The average Bonchev–Trinajstić information content (AvgIpc) is 3.51. The molecule has 0 spiro atoms. The summed E-state index contributed by atoms with van der Waals surface area (Å²) >= 11 is 3.42. The zero-order valence-electron chi connectivity index (χ0n) is 17.0. The maximum Gasteiger partial charge on any atom is 0.272 e. The fourth-order valence-corrected chi connectivity index (χ4v) is 3.81. The van der Waals surface area contributed by atoms with Crippen molar-refractivity contribution < 1.29 is 9.59 Å². The number of aromatic nitrogens is 5. The molecule has 3 aromatic carbocycles. The third kappa shape index (κ3) is 4.23. The van der Waals surface area contributed by atoms with Crippen molar-refractivity contribution in [3.63, 3.8) is 0 Å². The second-order valence-corrected chi connectivity index (χ2v) is 8.08. The SMILES string of the molecule is O=C(Nc1cccc2cc(C(=O)Nc3ccc(Br)cc3-c3nnn[nH]3)[nH]c12)c1ccccc1. The van der Waals surface area contributed by atoms with E-state index in [1.165, 1.54) is 0 Å². The molecule has 2 aromatic heterocycles. The van der Waals surface area contributed by atoms with Gasteiger partial charge in [-0.3, -0.25) is 9.59 Å². The number of fused-ring (bicyclic) bond motifs is 1. The number of H-pyrrole nitrogens is 2. The zero-order valence-corrected chi connectivity index (χ0v) is 18.6. The van der Waals surface area contributed by atoms with Gasteiger partial charge in [-0.25, -0.2) is 5.10 Å². The quantitative estimate of drug-likeness (QED) is 0.279. The van der Waals surface area contributed by atoms with E-state index in [0.29, 0.717) is 39.5 Å². The van der Waals surface area contributed by atoms with Gasteiger partial charge in [0.1, 0.15) is 5.69 Å². The van der Waals surface area contributed by atoms with Crippen LogP contribution in [0.15, 0.2) is 77.3 Å². The fourth-order valence-electron chi connectivity index (χ4n) is 3.45. The van der Waals surface area contributed by atoms with Crippen LogP contribution in [-0.2, 0) is 0 Å². The van der Waals surface area contributed by atoms with E-state index in [2.05, 4.69) is 52.2 Å². The second kappa shape index (κ2) is 8.67. The molecule has 0 atom stereocenters. The number of carbonyl (C=O) groups excluding carboxylic acids is 2. The van der Waals surface area contributed by atoms with Crippen LogP contribution in [0, 0.1) is 0 Å². The number of hydrogen-bond acceptors (Lipinski definition) is 5. The van der Waals surface area contributed by atoms with Crippen LogP contribution in [0.4, 0.5) is 11.4 Å². The molecule has 162 valence electrons. The standard InChI is InChI=1S/C23H16BrN7O2/c24-15-9-10-17(16(12-15)21-28-30-31-29-21)26-23(33)19-11-14-7-4-8-18(20(14)25-19)27-22(32)13-5-2-1-3-6-13/h1-12,25H,(H,26,33)(H,27,32)(H,28,29,30,31). The molecule has 0 bridgehead atoms. The molecular weight excluding hydrogens is 486 g/mol. The lowest BCUT2D eigenvalue weighted by molar-refractivity contribution is 0.101. The molecule has 0 aliphatic carbocycles. The van der Waals surface area contributed by atoms with Gasteiger partial charge in [0.25, 0.3) is 11.8 Å². The second-order valence-electron chi connectivity index (χ2n) is 7.17. The lowest BCUT2D eigenvalue weighted by atomic mass is 10.1. The first kappa shape index (κ1) is 20.6. The van der Waals surface area contributed by atoms with Gasteiger partial charge in [0.2, 0.25) is 0 Å². The van der Waals surface area contributed by atoms with Crippen molar-refractivity contribution in [1.82, 2.24) is 25.6 Å². The first-order valence-electron chi connectivity index (χ1n) is 9.91. The van der Waals surface area contributed by atoms with Crippen LogP contribution in [-0.4, -0.2) is 37.4 Å². The summed E-state index contributed by atoms with van der Waals surface area (Å²) in [5.74, 6) is -0.152. The third-order valence-electron chi connectivity index (χ3n) is 5.02. The predicted octanol–water partition coefficient (Wildman–Crippen LogP) is 4.62. The predicted molar refractivity (Wildman–Crippen MR) is 128 cm³/mol. The molecule has 0 saturated heterocycles. The number of tetrazole rings is 1. The van der Waals surface area contributed by atoms with Crippen LogP contribution in [0.25, 0.3) is 22.3 Å². The first-order valence-corrected chi connectivity index (χ1v) is 10.7. The van der Waals surface area contributed by atoms with Crippen molar-refractivity contribution in [1.29, 1.82) is 0 Å². The van der Waals surface area contributed by atoms with Gasteiger partial charge in [0.05, 0.1) is 16.9 Å².